The van der Waals surface area contributed by atoms with Gasteiger partial charge in [-0.25, -0.2) is 0 Å². The molecule has 3 aromatic rings. The molecule has 1 amide bonds. The maximum Gasteiger partial charge on any atom is 0.251 e. The lowest BCUT2D eigenvalue weighted by atomic mass is 10.1. The van der Waals surface area contributed by atoms with Crippen molar-refractivity contribution in [2.75, 3.05) is 50.5 Å². The van der Waals surface area contributed by atoms with Gasteiger partial charge in [-0.15, -0.1) is 0 Å². The number of methoxy groups -OCH3 is 1. The molecule has 1 saturated heterocycles. The predicted octanol–water partition coefficient (Wildman–Crippen LogP) is 4.68. The second kappa shape index (κ2) is 12.5. The summed E-state index contributed by atoms with van der Waals surface area (Å²) in [4.78, 5) is 17.3. The first kappa shape index (κ1) is 24.2. The van der Waals surface area contributed by atoms with E-state index < -0.39 is 0 Å². The number of carbonyl (C=O) groups excluding carboxylic acids is 1. The van der Waals surface area contributed by atoms with Gasteiger partial charge in [0, 0.05) is 56.3 Å². The van der Waals surface area contributed by atoms with Gasteiger partial charge in [0.2, 0.25) is 0 Å². The minimum atomic E-state index is -0.00251. The molecule has 3 aromatic carbocycles. The van der Waals surface area contributed by atoms with Crippen LogP contribution in [0.5, 0.6) is 5.75 Å². The molecule has 0 saturated carbocycles. The molecule has 4 rings (SSSR count). The van der Waals surface area contributed by atoms with E-state index in [0.717, 1.165) is 55.5 Å². The number of benzene rings is 3. The fraction of sp³-hybridized carbons (Fsp3) is 0.321. The predicted molar refractivity (Wildman–Crippen MR) is 142 cm³/mol. The van der Waals surface area contributed by atoms with Gasteiger partial charge >= 0.3 is 0 Å². The Labute approximate surface area is 207 Å². The van der Waals surface area contributed by atoms with E-state index in [4.69, 9.17) is 4.74 Å². The van der Waals surface area contributed by atoms with Crippen molar-refractivity contribution in [1.82, 2.24) is 10.2 Å². The molecule has 0 spiro atoms. The van der Waals surface area contributed by atoms with Crippen LogP contribution in [0.4, 0.5) is 5.69 Å². The van der Waals surface area contributed by atoms with Gasteiger partial charge in [-0.2, -0.15) is 11.8 Å². The van der Waals surface area contributed by atoms with Crippen molar-refractivity contribution in [3.8, 4) is 5.75 Å². The molecule has 0 radical (unpaired) electrons. The molecule has 5 nitrogen and oxygen atoms in total. The molecule has 178 valence electrons. The topological polar surface area (TPSA) is 44.8 Å². The van der Waals surface area contributed by atoms with Crippen molar-refractivity contribution < 1.29 is 9.53 Å². The average Bonchev–Trinajstić information content (AvgIpc) is 2.90. The Bertz CT molecular complexity index is 1040. The minimum Gasteiger partial charge on any atom is -0.495 e. The number of thioether (sulfide) groups is 1. The van der Waals surface area contributed by atoms with Crippen LogP contribution in [-0.2, 0) is 12.3 Å². The maximum absolute atomic E-state index is 12.5. The first-order chi connectivity index (χ1) is 16.7. The molecule has 1 fully saturated rings. The number of nitrogens with zero attached hydrogens (tertiary/aromatic N) is 2. The van der Waals surface area contributed by atoms with Gasteiger partial charge in [-0.1, -0.05) is 54.6 Å². The van der Waals surface area contributed by atoms with E-state index in [9.17, 15) is 4.79 Å². The number of nitrogens with one attached hydrogen (secondary N) is 1. The van der Waals surface area contributed by atoms with Crippen LogP contribution in [0, 0.1) is 0 Å². The summed E-state index contributed by atoms with van der Waals surface area (Å²) >= 11 is 1.84. The highest BCUT2D eigenvalue weighted by atomic mass is 32.2. The lowest BCUT2D eigenvalue weighted by Gasteiger charge is -2.36. The fourth-order valence-corrected chi connectivity index (χ4v) is 4.98. The first-order valence-electron chi connectivity index (χ1n) is 11.8. The molecule has 0 unspecified atom stereocenters. The van der Waals surface area contributed by atoms with Gasteiger partial charge in [-0.05, 0) is 35.4 Å². The van der Waals surface area contributed by atoms with E-state index >= 15 is 0 Å². The van der Waals surface area contributed by atoms with E-state index in [1.54, 1.807) is 7.11 Å². The van der Waals surface area contributed by atoms with Crippen molar-refractivity contribution >= 4 is 23.4 Å². The lowest BCUT2D eigenvalue weighted by molar-refractivity contribution is 0.0956. The quantitative estimate of drug-likeness (QED) is 0.432. The van der Waals surface area contributed by atoms with Gasteiger partial charge in [0.1, 0.15) is 5.75 Å². The van der Waals surface area contributed by atoms with Crippen LogP contribution >= 0.6 is 11.8 Å². The molecule has 1 aliphatic heterocycles. The third kappa shape index (κ3) is 6.78. The maximum atomic E-state index is 12.5. The largest absolute Gasteiger partial charge is 0.495 e. The van der Waals surface area contributed by atoms with Crippen molar-refractivity contribution in [2.45, 2.75) is 12.3 Å². The number of ether oxygens (including phenoxy) is 1. The molecule has 0 aromatic heterocycles. The first-order valence-corrected chi connectivity index (χ1v) is 13.0. The van der Waals surface area contributed by atoms with Crippen LogP contribution in [0.2, 0.25) is 0 Å². The Morgan fingerprint density at radius 1 is 0.882 bits per heavy atom. The van der Waals surface area contributed by atoms with Crippen molar-refractivity contribution in [3.63, 3.8) is 0 Å². The van der Waals surface area contributed by atoms with E-state index in [-0.39, 0.29) is 5.91 Å². The monoisotopic (exact) mass is 475 g/mol. The molecule has 0 bridgehead atoms. The zero-order valence-electron chi connectivity index (χ0n) is 19.8. The third-order valence-corrected chi connectivity index (χ3v) is 7.09. The Hall–Kier alpha value is -2.96. The normalized spacial score (nSPS) is 14.1. The Morgan fingerprint density at radius 3 is 2.32 bits per heavy atom. The van der Waals surface area contributed by atoms with Gasteiger partial charge < -0.3 is 15.0 Å². The van der Waals surface area contributed by atoms with Crippen LogP contribution in [0.1, 0.15) is 21.5 Å². The van der Waals surface area contributed by atoms with E-state index in [1.165, 1.54) is 16.8 Å². The van der Waals surface area contributed by atoms with E-state index in [1.807, 2.05) is 42.1 Å². The smallest absolute Gasteiger partial charge is 0.251 e. The zero-order valence-corrected chi connectivity index (χ0v) is 20.6. The number of hydrogen-bond donors (Lipinski definition) is 1. The zero-order chi connectivity index (χ0) is 23.6. The number of rotatable bonds is 10. The second-order valence-corrected chi connectivity index (χ2v) is 9.53. The van der Waals surface area contributed by atoms with Crippen LogP contribution in [0.3, 0.4) is 0 Å². The molecule has 1 aliphatic rings. The molecule has 34 heavy (non-hydrogen) atoms. The molecule has 1 N–H and O–H groups in total. The number of anilines is 1. The summed E-state index contributed by atoms with van der Waals surface area (Å²) in [5, 5.41) is 3.03. The molecule has 1 heterocycles. The molecule has 6 heteroatoms. The SMILES string of the molecule is COc1ccccc1N1CCN(Cc2ccc(C(=O)NCCSCc3ccccc3)cc2)CC1. The van der Waals surface area contributed by atoms with Crippen LogP contribution in [-0.4, -0.2) is 56.4 Å². The Balaban J connectivity index is 1.18. The van der Waals surface area contributed by atoms with Gasteiger partial charge in [0.05, 0.1) is 12.8 Å². The molecular formula is C28H33N3O2S. The van der Waals surface area contributed by atoms with Crippen LogP contribution in [0.15, 0.2) is 78.9 Å². The summed E-state index contributed by atoms with van der Waals surface area (Å²) in [7, 11) is 1.73. The lowest BCUT2D eigenvalue weighted by Crippen LogP contribution is -2.46. The number of para-hydroxylation sites is 2. The van der Waals surface area contributed by atoms with Crippen molar-refractivity contribution in [1.29, 1.82) is 0 Å². The highest BCUT2D eigenvalue weighted by molar-refractivity contribution is 7.98. The van der Waals surface area contributed by atoms with Crippen molar-refractivity contribution in [3.05, 3.63) is 95.6 Å². The highest BCUT2D eigenvalue weighted by Gasteiger charge is 2.19. The van der Waals surface area contributed by atoms with Gasteiger partial charge in [0.15, 0.2) is 0 Å². The number of amides is 1. The minimum absolute atomic E-state index is 0.00251. The summed E-state index contributed by atoms with van der Waals surface area (Å²) in [5.74, 6) is 2.80. The standard InChI is InChI=1S/C28H33N3O2S/c1-33-27-10-6-5-9-26(27)31-18-16-30(17-19-31)21-23-11-13-25(14-12-23)28(32)29-15-20-34-22-24-7-3-2-4-8-24/h2-14H,15-22H2,1H3,(H,29,32). The second-order valence-electron chi connectivity index (χ2n) is 8.43. The molecule has 0 aliphatic carbocycles. The van der Waals surface area contributed by atoms with Crippen LogP contribution < -0.4 is 15.0 Å². The average molecular weight is 476 g/mol. The Morgan fingerprint density at radius 2 is 1.59 bits per heavy atom. The van der Waals surface area contributed by atoms with Gasteiger partial charge in [0.25, 0.3) is 5.91 Å². The number of piperazine rings is 1. The summed E-state index contributed by atoms with van der Waals surface area (Å²) in [6.07, 6.45) is 0. The van der Waals surface area contributed by atoms with Crippen LogP contribution in [0.25, 0.3) is 0 Å². The number of hydrogen-bond acceptors (Lipinski definition) is 5. The number of carbonyl (C=O) groups is 1. The fourth-order valence-electron chi connectivity index (χ4n) is 4.16. The summed E-state index contributed by atoms with van der Waals surface area (Å²) in [6, 6.07) is 26.6. The summed E-state index contributed by atoms with van der Waals surface area (Å²) in [5.41, 5.74) is 4.44. The Kier molecular flexibility index (Phi) is 8.88. The van der Waals surface area contributed by atoms with Gasteiger partial charge in [-0.3, -0.25) is 9.69 Å². The molecular weight excluding hydrogens is 442 g/mol. The van der Waals surface area contributed by atoms with E-state index in [0.29, 0.717) is 6.54 Å². The summed E-state index contributed by atoms with van der Waals surface area (Å²) in [6.45, 7) is 5.53. The molecule has 0 atom stereocenters. The third-order valence-electron chi connectivity index (χ3n) is 6.06. The van der Waals surface area contributed by atoms with Crippen molar-refractivity contribution in [2.24, 2.45) is 0 Å². The van der Waals surface area contributed by atoms with E-state index in [2.05, 4.69) is 63.6 Å². The highest BCUT2D eigenvalue weighted by Crippen LogP contribution is 2.28. The summed E-state index contributed by atoms with van der Waals surface area (Å²) < 4.78 is 5.52.